The van der Waals surface area contributed by atoms with Gasteiger partial charge >= 0.3 is 0 Å². The molecule has 1 aromatic carbocycles. The Morgan fingerprint density at radius 1 is 1.52 bits per heavy atom. The Kier molecular flexibility index (Phi) is 4.66. The smallest absolute Gasteiger partial charge is 0.254 e. The van der Waals surface area contributed by atoms with E-state index in [1.807, 2.05) is 0 Å². The van der Waals surface area contributed by atoms with Crippen LogP contribution in [0.3, 0.4) is 0 Å². The summed E-state index contributed by atoms with van der Waals surface area (Å²) in [5.41, 5.74) is -0.0749. The predicted octanol–water partition coefficient (Wildman–Crippen LogP) is 1.10. The van der Waals surface area contributed by atoms with Crippen LogP contribution in [0.4, 0.5) is 4.39 Å². The molecule has 1 aliphatic heterocycles. The van der Waals surface area contributed by atoms with Gasteiger partial charge in [0.1, 0.15) is 5.82 Å². The van der Waals surface area contributed by atoms with Gasteiger partial charge in [-0.15, -0.1) is 0 Å². The number of carbonyl (C=O) groups excluding carboxylic acids is 1. The first-order chi connectivity index (χ1) is 9.71. The number of hydrogen-bond donors (Lipinski definition) is 1. The summed E-state index contributed by atoms with van der Waals surface area (Å²) >= 11 is 2.82. The second-order valence-corrected chi connectivity index (χ2v) is 7.07. The Morgan fingerprint density at radius 3 is 2.71 bits per heavy atom. The maximum absolute atomic E-state index is 13.8. The highest BCUT2D eigenvalue weighted by molar-refractivity contribution is 9.10. The molecule has 0 saturated carbocycles. The van der Waals surface area contributed by atoms with Gasteiger partial charge in [0.2, 0.25) is 10.0 Å². The van der Waals surface area contributed by atoms with Crippen LogP contribution >= 0.6 is 15.9 Å². The van der Waals surface area contributed by atoms with Crippen molar-refractivity contribution < 1.29 is 22.3 Å². The third-order valence-corrected chi connectivity index (χ3v) is 5.33. The van der Waals surface area contributed by atoms with Crippen molar-refractivity contribution in [1.29, 1.82) is 0 Å². The van der Waals surface area contributed by atoms with E-state index >= 15 is 0 Å². The molecule has 0 bridgehead atoms. The topological polar surface area (TPSA) is 89.7 Å². The normalized spacial score (nSPS) is 18.8. The third kappa shape index (κ3) is 3.42. The van der Waals surface area contributed by atoms with Gasteiger partial charge in [-0.05, 0) is 34.5 Å². The number of primary sulfonamides is 1. The highest BCUT2D eigenvalue weighted by Crippen LogP contribution is 2.27. The van der Waals surface area contributed by atoms with Crippen LogP contribution in [0.15, 0.2) is 21.5 Å². The van der Waals surface area contributed by atoms with E-state index in [1.54, 1.807) is 7.05 Å². The fourth-order valence-electron chi connectivity index (χ4n) is 2.09. The molecule has 1 amide bonds. The average molecular weight is 381 g/mol. The summed E-state index contributed by atoms with van der Waals surface area (Å²) in [6.07, 6.45) is 0.684. The number of halogens is 2. The zero-order valence-electron chi connectivity index (χ0n) is 11.2. The largest absolute Gasteiger partial charge is 0.379 e. The molecule has 0 aromatic heterocycles. The number of nitrogens with zero attached hydrogens (tertiary/aromatic N) is 1. The van der Waals surface area contributed by atoms with Crippen molar-refractivity contribution in [1.82, 2.24) is 4.90 Å². The molecule has 2 rings (SSSR count). The van der Waals surface area contributed by atoms with E-state index in [0.29, 0.717) is 19.6 Å². The Balaban J connectivity index is 2.40. The van der Waals surface area contributed by atoms with Crippen molar-refractivity contribution >= 4 is 31.9 Å². The number of benzene rings is 1. The first-order valence-electron chi connectivity index (χ1n) is 6.08. The Bertz CT molecular complexity index is 674. The van der Waals surface area contributed by atoms with Gasteiger partial charge in [0, 0.05) is 19.2 Å². The lowest BCUT2D eigenvalue weighted by Crippen LogP contribution is -2.37. The van der Waals surface area contributed by atoms with Crippen LogP contribution in [0.5, 0.6) is 0 Å². The zero-order chi connectivity index (χ0) is 15.8. The Morgan fingerprint density at radius 2 is 2.19 bits per heavy atom. The molecule has 1 heterocycles. The monoisotopic (exact) mass is 380 g/mol. The lowest BCUT2D eigenvalue weighted by molar-refractivity contribution is 0.0710. The van der Waals surface area contributed by atoms with E-state index in [0.717, 1.165) is 12.1 Å². The van der Waals surface area contributed by atoms with Crippen molar-refractivity contribution in [2.45, 2.75) is 17.4 Å². The SMILES string of the molecule is CN(C(=O)c1cc(F)c(Br)c(S(N)(=O)=O)c1)C1CCOC1. The first kappa shape index (κ1) is 16.3. The molecule has 0 radical (unpaired) electrons. The van der Waals surface area contributed by atoms with Crippen LogP contribution in [0, 0.1) is 5.82 Å². The number of carbonyl (C=O) groups is 1. The fourth-order valence-corrected chi connectivity index (χ4v) is 3.64. The second kappa shape index (κ2) is 5.99. The molecule has 116 valence electrons. The zero-order valence-corrected chi connectivity index (χ0v) is 13.6. The van der Waals surface area contributed by atoms with E-state index in [-0.39, 0.29) is 16.1 Å². The van der Waals surface area contributed by atoms with Crippen LogP contribution in [-0.4, -0.2) is 45.5 Å². The highest BCUT2D eigenvalue weighted by Gasteiger charge is 2.27. The van der Waals surface area contributed by atoms with Crippen LogP contribution in [0.2, 0.25) is 0 Å². The van der Waals surface area contributed by atoms with E-state index in [9.17, 15) is 17.6 Å². The van der Waals surface area contributed by atoms with Crippen LogP contribution in [0.1, 0.15) is 16.8 Å². The van der Waals surface area contributed by atoms with E-state index in [4.69, 9.17) is 9.88 Å². The van der Waals surface area contributed by atoms with Crippen molar-refractivity contribution in [3.63, 3.8) is 0 Å². The molecule has 6 nitrogen and oxygen atoms in total. The lowest BCUT2D eigenvalue weighted by Gasteiger charge is -2.23. The van der Waals surface area contributed by atoms with Gasteiger partial charge in [-0.3, -0.25) is 4.79 Å². The summed E-state index contributed by atoms with van der Waals surface area (Å²) in [7, 11) is -2.57. The van der Waals surface area contributed by atoms with E-state index < -0.39 is 26.6 Å². The minimum Gasteiger partial charge on any atom is -0.379 e. The first-order valence-corrected chi connectivity index (χ1v) is 8.42. The molecule has 1 unspecified atom stereocenters. The fraction of sp³-hybridized carbons (Fsp3) is 0.417. The number of ether oxygens (including phenoxy) is 1. The summed E-state index contributed by atoms with van der Waals surface area (Å²) in [6.45, 7) is 0.961. The standard InChI is InChI=1S/C12H14BrFN2O4S/c1-16(8-2-3-20-6-8)12(17)7-4-9(14)11(13)10(5-7)21(15,18)19/h4-5,8H,2-3,6H2,1H3,(H2,15,18,19). The third-order valence-electron chi connectivity index (χ3n) is 3.32. The second-order valence-electron chi connectivity index (χ2n) is 4.75. The van der Waals surface area contributed by atoms with Gasteiger partial charge in [0.15, 0.2) is 0 Å². The highest BCUT2D eigenvalue weighted by atomic mass is 79.9. The van der Waals surface area contributed by atoms with Gasteiger partial charge in [-0.2, -0.15) is 0 Å². The van der Waals surface area contributed by atoms with Crippen molar-refractivity contribution in [3.8, 4) is 0 Å². The molecular formula is C12H14BrFN2O4S. The van der Waals surface area contributed by atoms with Gasteiger partial charge in [-0.1, -0.05) is 0 Å². The van der Waals surface area contributed by atoms with Crippen molar-refractivity contribution in [2.24, 2.45) is 5.14 Å². The molecule has 1 atom stereocenters. The number of sulfonamides is 1. The number of nitrogens with two attached hydrogens (primary N) is 1. The van der Waals surface area contributed by atoms with Gasteiger partial charge in [0.25, 0.3) is 5.91 Å². The average Bonchev–Trinajstić information content (AvgIpc) is 2.92. The maximum Gasteiger partial charge on any atom is 0.254 e. The summed E-state index contributed by atoms with van der Waals surface area (Å²) in [5.74, 6) is -1.34. The molecule has 1 aromatic rings. The molecule has 1 aliphatic rings. The van der Waals surface area contributed by atoms with E-state index in [2.05, 4.69) is 15.9 Å². The number of hydrogen-bond acceptors (Lipinski definition) is 4. The molecule has 0 spiro atoms. The van der Waals surface area contributed by atoms with Gasteiger partial charge in [-0.25, -0.2) is 17.9 Å². The summed E-state index contributed by atoms with van der Waals surface area (Å²) < 4.78 is 41.6. The van der Waals surface area contributed by atoms with Crippen LogP contribution in [-0.2, 0) is 14.8 Å². The molecule has 1 fully saturated rings. The van der Waals surface area contributed by atoms with Crippen molar-refractivity contribution in [3.05, 3.63) is 28.0 Å². The molecule has 9 heteroatoms. The van der Waals surface area contributed by atoms with Gasteiger partial charge in [0.05, 0.1) is 22.0 Å². The molecule has 1 saturated heterocycles. The summed E-state index contributed by atoms with van der Waals surface area (Å²) in [4.78, 5) is 13.3. The lowest BCUT2D eigenvalue weighted by atomic mass is 10.1. The van der Waals surface area contributed by atoms with Crippen molar-refractivity contribution in [2.75, 3.05) is 20.3 Å². The predicted molar refractivity (Wildman–Crippen MR) is 76.8 cm³/mol. The van der Waals surface area contributed by atoms with Crippen LogP contribution in [0.25, 0.3) is 0 Å². The Hall–Kier alpha value is -1.03. The summed E-state index contributed by atoms with van der Waals surface area (Å²) in [6, 6.07) is 1.94. The van der Waals surface area contributed by atoms with Crippen LogP contribution < -0.4 is 5.14 Å². The maximum atomic E-state index is 13.8. The molecule has 0 aliphatic carbocycles. The minimum absolute atomic E-state index is 0.0749. The number of likely N-dealkylation sites (N-methyl/N-ethyl adjacent to an activating group) is 1. The Labute approximate surface area is 130 Å². The van der Waals surface area contributed by atoms with E-state index in [1.165, 1.54) is 4.90 Å². The summed E-state index contributed by atoms with van der Waals surface area (Å²) in [5, 5.41) is 5.02. The minimum atomic E-state index is -4.14. The molecular weight excluding hydrogens is 367 g/mol. The van der Waals surface area contributed by atoms with Gasteiger partial charge < -0.3 is 9.64 Å². The number of amides is 1. The molecule has 2 N–H and O–H groups in total. The number of rotatable bonds is 3. The quantitative estimate of drug-likeness (QED) is 0.849. The molecule has 21 heavy (non-hydrogen) atoms.